The zero-order valence-corrected chi connectivity index (χ0v) is 10.8. The third-order valence-electron chi connectivity index (χ3n) is 1.69. The zero-order valence-electron chi connectivity index (χ0n) is 8.69. The van der Waals surface area contributed by atoms with Crippen molar-refractivity contribution in [1.29, 1.82) is 0 Å². The van der Waals surface area contributed by atoms with Gasteiger partial charge in [0.05, 0.1) is 0 Å². The van der Waals surface area contributed by atoms with Gasteiger partial charge in [0.2, 0.25) is 0 Å². The van der Waals surface area contributed by atoms with Gasteiger partial charge >= 0.3 is 0 Å². The predicted octanol–water partition coefficient (Wildman–Crippen LogP) is 3.18. The Morgan fingerprint density at radius 2 is 1.27 bits per heavy atom. The highest BCUT2D eigenvalue weighted by molar-refractivity contribution is 14.1. The van der Waals surface area contributed by atoms with Crippen molar-refractivity contribution >= 4 is 22.6 Å². The molecule has 0 aromatic carbocycles. The first-order chi connectivity index (χ1) is 5.09. The summed E-state index contributed by atoms with van der Waals surface area (Å²) in [6.07, 6.45) is 0. The SMILES string of the molecule is CCN(C(C)C)C(C)C.CI. The average molecular weight is 271 g/mol. The Hall–Kier alpha value is 0.690. The van der Waals surface area contributed by atoms with Crippen LogP contribution in [0.4, 0.5) is 0 Å². The monoisotopic (exact) mass is 271 g/mol. The molecule has 0 spiro atoms. The Morgan fingerprint density at radius 3 is 1.27 bits per heavy atom. The maximum absolute atomic E-state index is 2.46. The molecule has 2 heteroatoms. The van der Waals surface area contributed by atoms with Crippen molar-refractivity contribution in [2.75, 3.05) is 11.5 Å². The average Bonchev–Trinajstić information content (AvgIpc) is 1.91. The first-order valence-electron chi connectivity index (χ1n) is 4.23. The molecule has 11 heavy (non-hydrogen) atoms. The van der Waals surface area contributed by atoms with Crippen molar-refractivity contribution < 1.29 is 0 Å². The van der Waals surface area contributed by atoms with Crippen LogP contribution < -0.4 is 0 Å². The summed E-state index contributed by atoms with van der Waals surface area (Å²) >= 11 is 2.15. The molecule has 0 bridgehead atoms. The molecule has 0 saturated heterocycles. The van der Waals surface area contributed by atoms with Crippen molar-refractivity contribution in [3.63, 3.8) is 0 Å². The second kappa shape index (κ2) is 8.78. The largest absolute Gasteiger partial charge is 0.299 e. The topological polar surface area (TPSA) is 3.24 Å². The minimum absolute atomic E-state index is 0.690. The molecular weight excluding hydrogens is 249 g/mol. The molecule has 1 nitrogen and oxygen atoms in total. The number of nitrogens with zero attached hydrogens (tertiary/aromatic N) is 1. The second-order valence-corrected chi connectivity index (χ2v) is 3.02. The van der Waals surface area contributed by atoms with Crippen LogP contribution in [0.1, 0.15) is 34.6 Å². The Balaban J connectivity index is 0. The van der Waals surface area contributed by atoms with Gasteiger partial charge in [-0.1, -0.05) is 29.5 Å². The van der Waals surface area contributed by atoms with E-state index in [0.717, 1.165) is 6.54 Å². The fourth-order valence-electron chi connectivity index (χ4n) is 1.33. The van der Waals surface area contributed by atoms with Gasteiger partial charge in [0.25, 0.3) is 0 Å². The van der Waals surface area contributed by atoms with Crippen LogP contribution in [-0.2, 0) is 0 Å². The minimum Gasteiger partial charge on any atom is -0.299 e. The van der Waals surface area contributed by atoms with E-state index >= 15 is 0 Å². The van der Waals surface area contributed by atoms with Crippen molar-refractivity contribution in [1.82, 2.24) is 4.90 Å². The van der Waals surface area contributed by atoms with Crippen LogP contribution in [0.2, 0.25) is 0 Å². The van der Waals surface area contributed by atoms with Gasteiger partial charge < -0.3 is 0 Å². The fraction of sp³-hybridized carbons (Fsp3) is 1.00. The van der Waals surface area contributed by atoms with E-state index in [0.29, 0.717) is 12.1 Å². The molecule has 0 fully saturated rings. The molecule has 0 aromatic rings. The second-order valence-electron chi connectivity index (χ2n) is 3.02. The highest BCUT2D eigenvalue weighted by Gasteiger charge is 2.08. The van der Waals surface area contributed by atoms with Crippen molar-refractivity contribution in [2.24, 2.45) is 0 Å². The Bertz CT molecular complexity index is 64.0. The predicted molar refractivity (Wildman–Crippen MR) is 62.6 cm³/mol. The highest BCUT2D eigenvalue weighted by Crippen LogP contribution is 2.02. The van der Waals surface area contributed by atoms with Crippen LogP contribution in [-0.4, -0.2) is 28.5 Å². The van der Waals surface area contributed by atoms with Gasteiger partial charge in [-0.2, -0.15) is 0 Å². The minimum atomic E-state index is 0.690. The van der Waals surface area contributed by atoms with E-state index in [-0.39, 0.29) is 0 Å². The summed E-state index contributed by atoms with van der Waals surface area (Å²) in [6, 6.07) is 1.38. The van der Waals surface area contributed by atoms with Crippen LogP contribution in [0.25, 0.3) is 0 Å². The Morgan fingerprint density at radius 1 is 1.00 bits per heavy atom. The summed E-state index contributed by atoms with van der Waals surface area (Å²) in [5, 5.41) is 0. The first-order valence-corrected chi connectivity index (χ1v) is 6.38. The van der Waals surface area contributed by atoms with Crippen LogP contribution in [0.5, 0.6) is 0 Å². The molecular formula is C9H22IN. The molecule has 0 unspecified atom stereocenters. The summed E-state index contributed by atoms with van der Waals surface area (Å²) < 4.78 is 0. The van der Waals surface area contributed by atoms with Gasteiger partial charge in [-0.3, -0.25) is 4.90 Å². The van der Waals surface area contributed by atoms with Crippen molar-refractivity contribution in [2.45, 2.75) is 46.7 Å². The van der Waals surface area contributed by atoms with Crippen LogP contribution in [0.15, 0.2) is 0 Å². The van der Waals surface area contributed by atoms with Crippen LogP contribution in [0.3, 0.4) is 0 Å². The number of alkyl halides is 1. The van der Waals surface area contributed by atoms with E-state index in [9.17, 15) is 0 Å². The number of hydrogen-bond acceptors (Lipinski definition) is 1. The van der Waals surface area contributed by atoms with E-state index in [2.05, 4.69) is 62.1 Å². The van der Waals surface area contributed by atoms with Crippen LogP contribution in [0, 0.1) is 0 Å². The molecule has 0 radical (unpaired) electrons. The lowest BCUT2D eigenvalue weighted by Gasteiger charge is -2.28. The smallest absolute Gasteiger partial charge is 0.00411 e. The lowest BCUT2D eigenvalue weighted by molar-refractivity contribution is 0.185. The lowest BCUT2D eigenvalue weighted by Crippen LogP contribution is -2.36. The Labute approximate surface area is 85.7 Å². The van der Waals surface area contributed by atoms with Crippen LogP contribution >= 0.6 is 22.6 Å². The van der Waals surface area contributed by atoms with Gasteiger partial charge in [0.15, 0.2) is 0 Å². The number of halogens is 1. The summed E-state index contributed by atoms with van der Waals surface area (Å²) in [5.74, 6) is 0. The van der Waals surface area contributed by atoms with E-state index < -0.39 is 0 Å². The van der Waals surface area contributed by atoms with Gasteiger partial charge in [-0.25, -0.2) is 0 Å². The summed E-state index contributed by atoms with van der Waals surface area (Å²) in [4.78, 5) is 4.43. The van der Waals surface area contributed by atoms with E-state index in [4.69, 9.17) is 0 Å². The Kier molecular flexibility index (Phi) is 11.4. The van der Waals surface area contributed by atoms with Gasteiger partial charge in [0.1, 0.15) is 0 Å². The maximum Gasteiger partial charge on any atom is 0.00411 e. The number of rotatable bonds is 3. The molecule has 0 rings (SSSR count). The zero-order chi connectivity index (χ0) is 9.44. The molecule has 0 aromatic heterocycles. The first kappa shape index (κ1) is 14.2. The molecule has 0 aliphatic heterocycles. The molecule has 0 amide bonds. The fourth-order valence-corrected chi connectivity index (χ4v) is 1.33. The third-order valence-corrected chi connectivity index (χ3v) is 1.69. The maximum atomic E-state index is 2.46. The van der Waals surface area contributed by atoms with Gasteiger partial charge in [0, 0.05) is 12.1 Å². The normalized spacial score (nSPS) is 10.4. The quantitative estimate of drug-likeness (QED) is 0.563. The standard InChI is InChI=1S/C8H19N.CH3I/c1-6-9(7(2)3)8(4)5;1-2/h7-8H,6H2,1-5H3;1H3. The molecule has 0 aliphatic rings. The van der Waals surface area contributed by atoms with E-state index in [1.54, 1.807) is 0 Å². The summed E-state index contributed by atoms with van der Waals surface area (Å²) in [5.41, 5.74) is 0. The molecule has 70 valence electrons. The molecule has 0 saturated carbocycles. The number of hydrogen-bond donors (Lipinski definition) is 0. The highest BCUT2D eigenvalue weighted by atomic mass is 127. The molecule has 0 atom stereocenters. The molecule has 0 heterocycles. The van der Waals surface area contributed by atoms with E-state index in [1.807, 2.05) is 4.93 Å². The molecule has 0 N–H and O–H groups in total. The lowest BCUT2D eigenvalue weighted by atomic mass is 10.2. The third kappa shape index (κ3) is 7.06. The van der Waals surface area contributed by atoms with Crippen molar-refractivity contribution in [3.05, 3.63) is 0 Å². The van der Waals surface area contributed by atoms with Gasteiger partial charge in [-0.15, -0.1) is 0 Å². The van der Waals surface area contributed by atoms with Gasteiger partial charge in [-0.05, 0) is 39.2 Å². The summed E-state index contributed by atoms with van der Waals surface area (Å²) in [7, 11) is 0. The van der Waals surface area contributed by atoms with E-state index in [1.165, 1.54) is 0 Å². The van der Waals surface area contributed by atoms with Crippen molar-refractivity contribution in [3.8, 4) is 0 Å². The summed E-state index contributed by atoms with van der Waals surface area (Å²) in [6.45, 7) is 12.3. The molecule has 0 aliphatic carbocycles.